The van der Waals surface area contributed by atoms with Crippen LogP contribution in [0, 0.1) is 6.92 Å². The predicted octanol–water partition coefficient (Wildman–Crippen LogP) is 3.81. The summed E-state index contributed by atoms with van der Waals surface area (Å²) in [4.78, 5) is 12.0. The van der Waals surface area contributed by atoms with Crippen LogP contribution in [0.4, 0.5) is 0 Å². The van der Waals surface area contributed by atoms with Gasteiger partial charge >= 0.3 is 0 Å². The van der Waals surface area contributed by atoms with Crippen LogP contribution in [0.1, 0.15) is 36.0 Å². The van der Waals surface area contributed by atoms with E-state index in [1.165, 1.54) is 11.1 Å². The van der Waals surface area contributed by atoms with Gasteiger partial charge in [-0.25, -0.2) is 0 Å². The number of amides is 1. The molecule has 1 unspecified atom stereocenters. The zero-order chi connectivity index (χ0) is 14.4. The van der Waals surface area contributed by atoms with Crippen molar-refractivity contribution in [1.82, 2.24) is 5.32 Å². The minimum Gasteiger partial charge on any atom is -0.352 e. The summed E-state index contributed by atoms with van der Waals surface area (Å²) in [6.07, 6.45) is 0.524. The van der Waals surface area contributed by atoms with Gasteiger partial charge in [-0.05, 0) is 24.0 Å². The molecule has 0 radical (unpaired) electrons. The van der Waals surface area contributed by atoms with E-state index in [2.05, 4.69) is 55.6 Å². The molecule has 2 aromatic rings. The molecule has 1 N–H and O–H groups in total. The maximum Gasteiger partial charge on any atom is 0.220 e. The van der Waals surface area contributed by atoms with Gasteiger partial charge in [-0.3, -0.25) is 4.79 Å². The normalized spacial score (nSPS) is 11.9. The Labute approximate surface area is 120 Å². The van der Waals surface area contributed by atoms with Gasteiger partial charge in [-0.1, -0.05) is 67.1 Å². The predicted molar refractivity (Wildman–Crippen MR) is 82.5 cm³/mol. The Kier molecular flexibility index (Phi) is 4.94. The third-order valence-corrected chi connectivity index (χ3v) is 3.47. The van der Waals surface area contributed by atoms with Crippen LogP contribution in [0.25, 0.3) is 0 Å². The molecule has 0 heterocycles. The van der Waals surface area contributed by atoms with Crippen molar-refractivity contribution in [2.24, 2.45) is 0 Å². The zero-order valence-corrected chi connectivity index (χ0v) is 12.1. The van der Waals surface area contributed by atoms with E-state index in [0.29, 0.717) is 13.0 Å². The highest BCUT2D eigenvalue weighted by molar-refractivity contribution is 5.76. The first-order chi connectivity index (χ1) is 9.65. The van der Waals surface area contributed by atoms with Gasteiger partial charge in [-0.2, -0.15) is 0 Å². The number of aryl methyl sites for hydroxylation is 1. The number of benzene rings is 2. The Bertz CT molecular complexity index is 545. The first-order valence-corrected chi connectivity index (χ1v) is 7.02. The van der Waals surface area contributed by atoms with E-state index in [-0.39, 0.29) is 11.8 Å². The molecule has 1 atom stereocenters. The average molecular weight is 267 g/mol. The topological polar surface area (TPSA) is 29.1 Å². The highest BCUT2D eigenvalue weighted by Crippen LogP contribution is 2.18. The van der Waals surface area contributed by atoms with E-state index in [9.17, 15) is 4.79 Å². The molecule has 1 amide bonds. The van der Waals surface area contributed by atoms with Crippen molar-refractivity contribution >= 4 is 5.91 Å². The molecule has 0 aliphatic carbocycles. The summed E-state index contributed by atoms with van der Waals surface area (Å²) >= 11 is 0. The highest BCUT2D eigenvalue weighted by Gasteiger charge is 2.10. The molecule has 0 aliphatic heterocycles. The lowest BCUT2D eigenvalue weighted by molar-refractivity contribution is -0.121. The van der Waals surface area contributed by atoms with Gasteiger partial charge in [0.25, 0.3) is 0 Å². The van der Waals surface area contributed by atoms with Crippen LogP contribution < -0.4 is 5.32 Å². The third-order valence-electron chi connectivity index (χ3n) is 3.47. The van der Waals surface area contributed by atoms with E-state index >= 15 is 0 Å². The molecule has 0 aromatic heterocycles. The van der Waals surface area contributed by atoms with Crippen LogP contribution in [-0.4, -0.2) is 5.91 Å². The van der Waals surface area contributed by atoms with Crippen molar-refractivity contribution in [3.8, 4) is 0 Å². The second-order valence-corrected chi connectivity index (χ2v) is 5.28. The standard InChI is InChI=1S/C18H21NO/c1-14-8-10-16(11-9-14)13-19-18(20)12-15(2)17-6-4-3-5-7-17/h3-11,15H,12-13H2,1-2H3,(H,19,20). The van der Waals surface area contributed by atoms with E-state index < -0.39 is 0 Å². The smallest absolute Gasteiger partial charge is 0.220 e. The molecule has 0 saturated carbocycles. The van der Waals surface area contributed by atoms with E-state index in [0.717, 1.165) is 5.56 Å². The average Bonchev–Trinajstić information content (AvgIpc) is 2.47. The van der Waals surface area contributed by atoms with E-state index in [1.807, 2.05) is 18.2 Å². The van der Waals surface area contributed by atoms with E-state index in [4.69, 9.17) is 0 Å². The van der Waals surface area contributed by atoms with Crippen LogP contribution in [0.2, 0.25) is 0 Å². The second-order valence-electron chi connectivity index (χ2n) is 5.28. The van der Waals surface area contributed by atoms with Crippen molar-refractivity contribution in [3.05, 3.63) is 71.3 Å². The fourth-order valence-corrected chi connectivity index (χ4v) is 2.16. The van der Waals surface area contributed by atoms with Gasteiger partial charge in [0.1, 0.15) is 0 Å². The first-order valence-electron chi connectivity index (χ1n) is 7.02. The molecular weight excluding hydrogens is 246 g/mol. The van der Waals surface area contributed by atoms with Crippen molar-refractivity contribution in [3.63, 3.8) is 0 Å². The fourth-order valence-electron chi connectivity index (χ4n) is 2.16. The summed E-state index contributed by atoms with van der Waals surface area (Å²) in [6, 6.07) is 18.4. The zero-order valence-electron chi connectivity index (χ0n) is 12.1. The molecule has 104 valence electrons. The minimum absolute atomic E-state index is 0.0990. The number of carbonyl (C=O) groups is 1. The number of rotatable bonds is 5. The molecule has 0 bridgehead atoms. The number of hydrogen-bond acceptors (Lipinski definition) is 1. The Morgan fingerprint density at radius 2 is 1.70 bits per heavy atom. The Morgan fingerprint density at radius 1 is 1.05 bits per heavy atom. The molecule has 0 fully saturated rings. The summed E-state index contributed by atoms with van der Waals surface area (Å²) < 4.78 is 0. The first kappa shape index (κ1) is 14.3. The molecule has 2 nitrogen and oxygen atoms in total. The van der Waals surface area contributed by atoms with Crippen LogP contribution in [-0.2, 0) is 11.3 Å². The lowest BCUT2D eigenvalue weighted by atomic mass is 9.97. The molecule has 2 rings (SSSR count). The summed E-state index contributed by atoms with van der Waals surface area (Å²) in [6.45, 7) is 4.74. The van der Waals surface area contributed by atoms with Crippen LogP contribution in [0.3, 0.4) is 0 Å². The Morgan fingerprint density at radius 3 is 2.35 bits per heavy atom. The Hall–Kier alpha value is -2.09. The molecular formula is C18H21NO. The van der Waals surface area contributed by atoms with Gasteiger partial charge in [-0.15, -0.1) is 0 Å². The Balaban J connectivity index is 1.82. The monoisotopic (exact) mass is 267 g/mol. The van der Waals surface area contributed by atoms with Gasteiger partial charge in [0.05, 0.1) is 0 Å². The lowest BCUT2D eigenvalue weighted by Crippen LogP contribution is -2.24. The van der Waals surface area contributed by atoms with Crippen molar-refractivity contribution in [1.29, 1.82) is 0 Å². The molecule has 2 heteroatoms. The number of carbonyl (C=O) groups excluding carboxylic acids is 1. The largest absolute Gasteiger partial charge is 0.352 e. The number of hydrogen-bond donors (Lipinski definition) is 1. The molecule has 0 spiro atoms. The van der Waals surface area contributed by atoms with Gasteiger partial charge in [0, 0.05) is 13.0 Å². The van der Waals surface area contributed by atoms with Crippen molar-refractivity contribution in [2.45, 2.75) is 32.7 Å². The third kappa shape index (κ3) is 4.23. The lowest BCUT2D eigenvalue weighted by Gasteiger charge is -2.12. The van der Waals surface area contributed by atoms with Gasteiger partial charge in [0.15, 0.2) is 0 Å². The van der Waals surface area contributed by atoms with Gasteiger partial charge < -0.3 is 5.32 Å². The summed E-state index contributed by atoms with van der Waals surface area (Å²) in [5.74, 6) is 0.344. The molecule has 20 heavy (non-hydrogen) atoms. The fraction of sp³-hybridized carbons (Fsp3) is 0.278. The van der Waals surface area contributed by atoms with Crippen molar-refractivity contribution in [2.75, 3.05) is 0 Å². The molecule has 2 aromatic carbocycles. The van der Waals surface area contributed by atoms with Crippen LogP contribution >= 0.6 is 0 Å². The summed E-state index contributed by atoms with van der Waals surface area (Å²) in [7, 11) is 0. The summed E-state index contributed by atoms with van der Waals surface area (Å²) in [5, 5.41) is 2.98. The maximum absolute atomic E-state index is 12.0. The molecule has 0 saturated heterocycles. The number of nitrogens with one attached hydrogen (secondary N) is 1. The van der Waals surface area contributed by atoms with Crippen molar-refractivity contribution < 1.29 is 4.79 Å². The van der Waals surface area contributed by atoms with Crippen LogP contribution in [0.15, 0.2) is 54.6 Å². The summed E-state index contributed by atoms with van der Waals surface area (Å²) in [5.41, 5.74) is 3.58. The highest BCUT2D eigenvalue weighted by atomic mass is 16.1. The maximum atomic E-state index is 12.0. The second kappa shape index (κ2) is 6.90. The quantitative estimate of drug-likeness (QED) is 0.877. The molecule has 0 aliphatic rings. The minimum atomic E-state index is 0.0990. The van der Waals surface area contributed by atoms with Gasteiger partial charge in [0.2, 0.25) is 5.91 Å². The van der Waals surface area contributed by atoms with Crippen LogP contribution in [0.5, 0.6) is 0 Å². The van der Waals surface area contributed by atoms with E-state index in [1.54, 1.807) is 0 Å². The SMILES string of the molecule is Cc1ccc(CNC(=O)CC(C)c2ccccc2)cc1.